The maximum Gasteiger partial charge on any atom is 0.127 e. The van der Waals surface area contributed by atoms with Crippen molar-refractivity contribution in [3.63, 3.8) is 0 Å². The number of benzene rings is 1. The molecule has 3 nitrogen and oxygen atoms in total. The minimum absolute atomic E-state index is 0.0217. The van der Waals surface area contributed by atoms with Crippen LogP contribution in [-0.2, 0) is 4.74 Å². The van der Waals surface area contributed by atoms with Crippen LogP contribution in [0.1, 0.15) is 32.4 Å². The number of nitrogens with zero attached hydrogens (tertiary/aromatic N) is 1. The Bertz CT molecular complexity index is 414. The number of rotatable bonds is 9. The lowest BCUT2D eigenvalue weighted by Gasteiger charge is -2.32. The Morgan fingerprint density at radius 2 is 1.95 bits per heavy atom. The molecule has 0 bridgehead atoms. The third-order valence-electron chi connectivity index (χ3n) is 3.97. The van der Waals surface area contributed by atoms with E-state index in [1.807, 2.05) is 12.1 Å². The van der Waals surface area contributed by atoms with Crippen molar-refractivity contribution in [2.75, 3.05) is 33.9 Å². The van der Waals surface area contributed by atoms with Crippen molar-refractivity contribution in [1.82, 2.24) is 10.2 Å². The first kappa shape index (κ1) is 18.1. The molecule has 0 heterocycles. The molecule has 3 atom stereocenters. The number of ether oxygens (including phenoxy) is 1. The molecule has 3 unspecified atom stereocenters. The van der Waals surface area contributed by atoms with Crippen molar-refractivity contribution in [3.05, 3.63) is 35.6 Å². The second kappa shape index (κ2) is 9.13. The summed E-state index contributed by atoms with van der Waals surface area (Å²) in [6.45, 7) is 8.77. The molecule has 21 heavy (non-hydrogen) atoms. The molecule has 1 aromatic rings. The van der Waals surface area contributed by atoms with Gasteiger partial charge in [0.2, 0.25) is 0 Å². The van der Waals surface area contributed by atoms with Crippen molar-refractivity contribution in [2.45, 2.75) is 32.9 Å². The molecule has 1 rings (SSSR count). The Morgan fingerprint density at radius 1 is 1.29 bits per heavy atom. The fourth-order valence-corrected chi connectivity index (χ4v) is 2.67. The predicted molar refractivity (Wildman–Crippen MR) is 85.9 cm³/mol. The average Bonchev–Trinajstić information content (AvgIpc) is 2.45. The van der Waals surface area contributed by atoms with E-state index in [2.05, 4.69) is 38.0 Å². The molecule has 120 valence electrons. The van der Waals surface area contributed by atoms with Gasteiger partial charge in [-0.1, -0.05) is 32.0 Å². The molecule has 0 aliphatic carbocycles. The molecular weight excluding hydrogens is 267 g/mol. The summed E-state index contributed by atoms with van der Waals surface area (Å²) in [5.41, 5.74) is 0.750. The van der Waals surface area contributed by atoms with Gasteiger partial charge in [-0.15, -0.1) is 0 Å². The largest absolute Gasteiger partial charge is 0.383 e. The van der Waals surface area contributed by atoms with Crippen molar-refractivity contribution >= 4 is 0 Å². The first-order chi connectivity index (χ1) is 10.0. The maximum atomic E-state index is 14.1. The Kier molecular flexibility index (Phi) is 7.86. The third-order valence-corrected chi connectivity index (χ3v) is 3.97. The second-order valence-corrected chi connectivity index (χ2v) is 5.78. The highest BCUT2D eigenvalue weighted by Crippen LogP contribution is 2.25. The van der Waals surface area contributed by atoms with Crippen LogP contribution in [0.3, 0.4) is 0 Å². The Hall–Kier alpha value is -0.970. The summed E-state index contributed by atoms with van der Waals surface area (Å²) in [7, 11) is 3.80. The first-order valence-corrected chi connectivity index (χ1v) is 7.68. The summed E-state index contributed by atoms with van der Waals surface area (Å²) < 4.78 is 19.3. The number of likely N-dealkylation sites (N-methyl/N-ethyl adjacent to an activating group) is 1. The van der Waals surface area contributed by atoms with Gasteiger partial charge in [-0.3, -0.25) is 0 Å². The number of nitrogens with one attached hydrogen (secondary N) is 1. The van der Waals surface area contributed by atoms with E-state index >= 15 is 0 Å². The minimum atomic E-state index is -0.136. The summed E-state index contributed by atoms with van der Waals surface area (Å²) in [5, 5.41) is 3.42. The zero-order valence-electron chi connectivity index (χ0n) is 13.9. The molecule has 4 heteroatoms. The predicted octanol–water partition coefficient (Wildman–Crippen LogP) is 3.08. The Balaban J connectivity index is 2.78. The van der Waals surface area contributed by atoms with Gasteiger partial charge in [0.1, 0.15) is 5.82 Å². The van der Waals surface area contributed by atoms with Gasteiger partial charge in [0.15, 0.2) is 0 Å². The Morgan fingerprint density at radius 3 is 2.52 bits per heavy atom. The van der Waals surface area contributed by atoms with Crippen LogP contribution in [0.15, 0.2) is 24.3 Å². The standard InChI is InChI=1S/C17H29FN2O/c1-6-19-17(15-9-7-8-10-16(15)18)13(2)11-20(4)14(3)12-21-5/h7-10,13-14,17,19H,6,11-12H2,1-5H3. The van der Waals surface area contributed by atoms with Crippen LogP contribution in [0.4, 0.5) is 4.39 Å². The molecule has 1 aromatic carbocycles. The molecular formula is C17H29FN2O. The minimum Gasteiger partial charge on any atom is -0.383 e. The molecule has 0 amide bonds. The lowest BCUT2D eigenvalue weighted by molar-refractivity contribution is 0.102. The number of halogens is 1. The fraction of sp³-hybridized carbons (Fsp3) is 0.647. The van der Waals surface area contributed by atoms with Gasteiger partial charge in [0.05, 0.1) is 6.61 Å². The van der Waals surface area contributed by atoms with E-state index in [-0.39, 0.29) is 11.9 Å². The highest BCUT2D eigenvalue weighted by molar-refractivity contribution is 5.22. The van der Waals surface area contributed by atoms with Crippen molar-refractivity contribution in [1.29, 1.82) is 0 Å². The average molecular weight is 296 g/mol. The molecule has 1 N–H and O–H groups in total. The van der Waals surface area contributed by atoms with E-state index in [1.165, 1.54) is 6.07 Å². The van der Waals surface area contributed by atoms with Gasteiger partial charge in [0.25, 0.3) is 0 Å². The first-order valence-electron chi connectivity index (χ1n) is 7.68. The van der Waals surface area contributed by atoms with Gasteiger partial charge in [-0.2, -0.15) is 0 Å². The van der Waals surface area contributed by atoms with E-state index in [0.717, 1.165) is 18.7 Å². The lowest BCUT2D eigenvalue weighted by atomic mass is 9.93. The summed E-state index contributed by atoms with van der Waals surface area (Å²) >= 11 is 0. The van der Waals surface area contributed by atoms with Crippen LogP contribution in [0.2, 0.25) is 0 Å². The van der Waals surface area contributed by atoms with E-state index in [4.69, 9.17) is 4.74 Å². The lowest BCUT2D eigenvalue weighted by Crippen LogP contribution is -2.40. The summed E-state index contributed by atoms with van der Waals surface area (Å²) in [5.74, 6) is 0.161. The van der Waals surface area contributed by atoms with Gasteiger partial charge >= 0.3 is 0 Å². The van der Waals surface area contributed by atoms with E-state index < -0.39 is 0 Å². The van der Waals surface area contributed by atoms with Crippen molar-refractivity contribution in [3.8, 4) is 0 Å². The van der Waals surface area contributed by atoms with E-state index in [9.17, 15) is 4.39 Å². The van der Waals surface area contributed by atoms with Gasteiger partial charge in [-0.05, 0) is 32.5 Å². The van der Waals surface area contributed by atoms with Crippen LogP contribution in [0.5, 0.6) is 0 Å². The number of methoxy groups -OCH3 is 1. The van der Waals surface area contributed by atoms with Crippen LogP contribution in [-0.4, -0.2) is 44.8 Å². The van der Waals surface area contributed by atoms with E-state index in [0.29, 0.717) is 18.6 Å². The third kappa shape index (κ3) is 5.38. The van der Waals surface area contributed by atoms with Gasteiger partial charge in [0, 0.05) is 31.3 Å². The molecule has 0 saturated heterocycles. The molecule has 0 saturated carbocycles. The summed E-state index contributed by atoms with van der Waals surface area (Å²) in [4.78, 5) is 2.26. The van der Waals surface area contributed by atoms with Crippen LogP contribution < -0.4 is 5.32 Å². The number of hydrogen-bond acceptors (Lipinski definition) is 3. The van der Waals surface area contributed by atoms with Gasteiger partial charge < -0.3 is 15.0 Å². The SMILES string of the molecule is CCNC(c1ccccc1F)C(C)CN(C)C(C)COC. The smallest absolute Gasteiger partial charge is 0.127 e. The molecule has 0 aliphatic rings. The van der Waals surface area contributed by atoms with Crippen LogP contribution >= 0.6 is 0 Å². The van der Waals surface area contributed by atoms with Crippen molar-refractivity contribution < 1.29 is 9.13 Å². The molecule has 0 spiro atoms. The number of hydrogen-bond donors (Lipinski definition) is 1. The van der Waals surface area contributed by atoms with Crippen LogP contribution in [0, 0.1) is 11.7 Å². The van der Waals surface area contributed by atoms with Crippen molar-refractivity contribution in [2.24, 2.45) is 5.92 Å². The normalized spacial score (nSPS) is 16.0. The molecule has 0 fully saturated rings. The maximum absolute atomic E-state index is 14.1. The topological polar surface area (TPSA) is 24.5 Å². The summed E-state index contributed by atoms with van der Waals surface area (Å²) in [6, 6.07) is 7.40. The van der Waals surface area contributed by atoms with E-state index in [1.54, 1.807) is 13.2 Å². The Labute approximate surface area is 128 Å². The monoisotopic (exact) mass is 296 g/mol. The quantitative estimate of drug-likeness (QED) is 0.758. The highest BCUT2D eigenvalue weighted by atomic mass is 19.1. The second-order valence-electron chi connectivity index (χ2n) is 5.78. The highest BCUT2D eigenvalue weighted by Gasteiger charge is 2.23. The zero-order chi connectivity index (χ0) is 15.8. The molecule has 0 aliphatic heterocycles. The fourth-order valence-electron chi connectivity index (χ4n) is 2.67. The van der Waals surface area contributed by atoms with Crippen LogP contribution in [0.25, 0.3) is 0 Å². The summed E-state index contributed by atoms with van der Waals surface area (Å²) in [6.07, 6.45) is 0. The van der Waals surface area contributed by atoms with Gasteiger partial charge in [-0.25, -0.2) is 4.39 Å². The zero-order valence-corrected chi connectivity index (χ0v) is 13.9. The molecule has 0 aromatic heterocycles. The molecule has 0 radical (unpaired) electrons.